The Morgan fingerprint density at radius 2 is 1.88 bits per heavy atom. The van der Waals surface area contributed by atoms with E-state index in [9.17, 15) is 9.59 Å². The van der Waals surface area contributed by atoms with E-state index in [0.29, 0.717) is 23.0 Å². The van der Waals surface area contributed by atoms with Crippen LogP contribution in [0.25, 0.3) is 0 Å². The van der Waals surface area contributed by atoms with Gasteiger partial charge in [-0.2, -0.15) is 0 Å². The van der Waals surface area contributed by atoms with Gasteiger partial charge in [-0.25, -0.2) is 14.8 Å². The molecule has 0 atom stereocenters. The molecule has 0 aliphatic carbocycles. The lowest BCUT2D eigenvalue weighted by Gasteiger charge is -2.09. The van der Waals surface area contributed by atoms with Gasteiger partial charge >= 0.3 is 5.97 Å². The molecule has 7 heteroatoms. The largest absolute Gasteiger partial charge is 0.465 e. The molecular weight excluding hydrogens is 320 g/mol. The van der Waals surface area contributed by atoms with Crippen LogP contribution in [0.4, 0.5) is 11.5 Å². The Labute approximate surface area is 146 Å². The first kappa shape index (κ1) is 18.4. The summed E-state index contributed by atoms with van der Waals surface area (Å²) in [5.74, 6) is 0.429. The molecule has 0 aliphatic heterocycles. The zero-order valence-electron chi connectivity index (χ0n) is 14.6. The SMILES string of the molecule is COC(=O)c1ccc(NC(=O)c2cc(NCCC(C)C)ncn2)cc1. The van der Waals surface area contributed by atoms with Crippen LogP contribution in [0.1, 0.15) is 41.1 Å². The molecular formula is C18H22N4O3. The standard InChI is InChI=1S/C18H22N4O3/c1-12(2)8-9-19-16-10-15(20-11-21-16)17(23)22-14-6-4-13(5-7-14)18(24)25-3/h4-7,10-12H,8-9H2,1-3H3,(H,22,23)(H,19,20,21). The number of nitrogens with one attached hydrogen (secondary N) is 2. The van der Waals surface area contributed by atoms with Crippen LogP contribution >= 0.6 is 0 Å². The van der Waals surface area contributed by atoms with Gasteiger partial charge in [-0.3, -0.25) is 4.79 Å². The summed E-state index contributed by atoms with van der Waals surface area (Å²) < 4.78 is 4.64. The highest BCUT2D eigenvalue weighted by Gasteiger charge is 2.10. The number of methoxy groups -OCH3 is 1. The van der Waals surface area contributed by atoms with Crippen LogP contribution in [0.15, 0.2) is 36.7 Å². The molecule has 7 nitrogen and oxygen atoms in total. The van der Waals surface area contributed by atoms with E-state index in [1.165, 1.54) is 13.4 Å². The van der Waals surface area contributed by atoms with Crippen LogP contribution in [0, 0.1) is 5.92 Å². The number of rotatable bonds is 7. The highest BCUT2D eigenvalue weighted by atomic mass is 16.5. The molecule has 1 heterocycles. The lowest BCUT2D eigenvalue weighted by molar-refractivity contribution is 0.0600. The number of hydrogen-bond acceptors (Lipinski definition) is 6. The van der Waals surface area contributed by atoms with E-state index in [1.54, 1.807) is 30.3 Å². The van der Waals surface area contributed by atoms with Crippen molar-refractivity contribution in [3.05, 3.63) is 47.9 Å². The number of anilines is 2. The van der Waals surface area contributed by atoms with E-state index in [4.69, 9.17) is 0 Å². The van der Waals surface area contributed by atoms with Crippen molar-refractivity contribution in [2.24, 2.45) is 5.92 Å². The molecule has 0 unspecified atom stereocenters. The number of nitrogens with zero attached hydrogens (tertiary/aromatic N) is 2. The molecule has 132 valence electrons. The molecule has 1 amide bonds. The number of esters is 1. The molecule has 0 radical (unpaired) electrons. The van der Waals surface area contributed by atoms with Crippen LogP contribution in [0.3, 0.4) is 0 Å². The number of hydrogen-bond donors (Lipinski definition) is 2. The van der Waals surface area contributed by atoms with Gasteiger partial charge < -0.3 is 15.4 Å². The van der Waals surface area contributed by atoms with Gasteiger partial charge in [-0.15, -0.1) is 0 Å². The zero-order valence-corrected chi connectivity index (χ0v) is 14.6. The Hall–Kier alpha value is -2.96. The Kier molecular flexibility index (Phi) is 6.45. The normalized spacial score (nSPS) is 10.4. The fraction of sp³-hybridized carbons (Fsp3) is 0.333. The number of benzene rings is 1. The lowest BCUT2D eigenvalue weighted by Crippen LogP contribution is -2.15. The summed E-state index contributed by atoms with van der Waals surface area (Å²) in [6, 6.07) is 8.04. The number of carbonyl (C=O) groups is 2. The molecule has 2 N–H and O–H groups in total. The van der Waals surface area contributed by atoms with E-state index in [2.05, 4.69) is 39.2 Å². The number of ether oxygens (including phenoxy) is 1. The van der Waals surface area contributed by atoms with Crippen LogP contribution in [0.2, 0.25) is 0 Å². The second-order valence-corrected chi connectivity index (χ2v) is 5.92. The molecule has 2 aromatic rings. The van der Waals surface area contributed by atoms with E-state index in [0.717, 1.165) is 13.0 Å². The van der Waals surface area contributed by atoms with Crippen LogP contribution in [-0.4, -0.2) is 35.5 Å². The highest BCUT2D eigenvalue weighted by molar-refractivity contribution is 6.03. The third-order valence-electron chi connectivity index (χ3n) is 3.49. The highest BCUT2D eigenvalue weighted by Crippen LogP contribution is 2.13. The van der Waals surface area contributed by atoms with Crippen LogP contribution < -0.4 is 10.6 Å². The summed E-state index contributed by atoms with van der Waals surface area (Å²) in [5.41, 5.74) is 1.24. The van der Waals surface area contributed by atoms with Gasteiger partial charge in [0.2, 0.25) is 0 Å². The topological polar surface area (TPSA) is 93.2 Å². The number of carbonyl (C=O) groups excluding carboxylic acids is 2. The predicted octanol–water partition coefficient (Wildman–Crippen LogP) is 2.97. The van der Waals surface area contributed by atoms with Gasteiger partial charge in [-0.05, 0) is 36.6 Å². The Balaban J connectivity index is 1.99. The Morgan fingerprint density at radius 1 is 1.16 bits per heavy atom. The molecule has 2 rings (SSSR count). The summed E-state index contributed by atoms with van der Waals surface area (Å²) in [6.07, 6.45) is 2.37. The number of aromatic nitrogens is 2. The van der Waals surface area contributed by atoms with Crippen molar-refractivity contribution in [2.75, 3.05) is 24.3 Å². The summed E-state index contributed by atoms with van der Waals surface area (Å²) >= 11 is 0. The molecule has 1 aromatic heterocycles. The minimum atomic E-state index is -0.425. The maximum Gasteiger partial charge on any atom is 0.337 e. The smallest absolute Gasteiger partial charge is 0.337 e. The van der Waals surface area contributed by atoms with E-state index < -0.39 is 5.97 Å². The van der Waals surface area contributed by atoms with Crippen molar-refractivity contribution < 1.29 is 14.3 Å². The summed E-state index contributed by atoms with van der Waals surface area (Å²) in [6.45, 7) is 5.07. The van der Waals surface area contributed by atoms with Gasteiger partial charge in [0.05, 0.1) is 12.7 Å². The minimum Gasteiger partial charge on any atom is -0.465 e. The summed E-state index contributed by atoms with van der Waals surface area (Å²) in [4.78, 5) is 31.8. The Bertz CT molecular complexity index is 729. The van der Waals surface area contributed by atoms with Crippen molar-refractivity contribution in [2.45, 2.75) is 20.3 Å². The van der Waals surface area contributed by atoms with Gasteiger partial charge in [0.15, 0.2) is 0 Å². The quantitative estimate of drug-likeness (QED) is 0.752. The first-order valence-corrected chi connectivity index (χ1v) is 8.05. The van der Waals surface area contributed by atoms with Crippen molar-refractivity contribution in [3.63, 3.8) is 0 Å². The fourth-order valence-electron chi connectivity index (χ4n) is 2.07. The average molecular weight is 342 g/mol. The first-order valence-electron chi connectivity index (χ1n) is 8.05. The maximum atomic E-state index is 12.3. The predicted molar refractivity (Wildman–Crippen MR) is 95.7 cm³/mol. The molecule has 0 fully saturated rings. The van der Waals surface area contributed by atoms with Crippen molar-refractivity contribution in [3.8, 4) is 0 Å². The molecule has 0 saturated carbocycles. The minimum absolute atomic E-state index is 0.263. The summed E-state index contributed by atoms with van der Waals surface area (Å²) in [7, 11) is 1.32. The lowest BCUT2D eigenvalue weighted by atomic mass is 10.1. The monoisotopic (exact) mass is 342 g/mol. The van der Waals surface area contributed by atoms with Gasteiger partial charge in [0, 0.05) is 18.3 Å². The molecule has 1 aromatic carbocycles. The van der Waals surface area contributed by atoms with Gasteiger partial charge in [-0.1, -0.05) is 13.8 Å². The van der Waals surface area contributed by atoms with E-state index in [1.807, 2.05) is 0 Å². The second-order valence-electron chi connectivity index (χ2n) is 5.92. The molecule has 25 heavy (non-hydrogen) atoms. The molecule has 0 spiro atoms. The van der Waals surface area contributed by atoms with Crippen molar-refractivity contribution >= 4 is 23.4 Å². The van der Waals surface area contributed by atoms with Crippen molar-refractivity contribution in [1.29, 1.82) is 0 Å². The summed E-state index contributed by atoms with van der Waals surface area (Å²) in [5, 5.41) is 5.91. The first-order chi connectivity index (χ1) is 12.0. The van der Waals surface area contributed by atoms with E-state index in [-0.39, 0.29) is 11.6 Å². The maximum absolute atomic E-state index is 12.3. The van der Waals surface area contributed by atoms with Crippen molar-refractivity contribution in [1.82, 2.24) is 9.97 Å². The van der Waals surface area contributed by atoms with Crippen LogP contribution in [0.5, 0.6) is 0 Å². The average Bonchev–Trinajstić information content (AvgIpc) is 2.61. The fourth-order valence-corrected chi connectivity index (χ4v) is 2.07. The number of amides is 1. The third kappa shape index (κ3) is 5.56. The third-order valence-corrected chi connectivity index (χ3v) is 3.49. The zero-order chi connectivity index (χ0) is 18.2. The Morgan fingerprint density at radius 3 is 2.52 bits per heavy atom. The molecule has 0 aliphatic rings. The second kappa shape index (κ2) is 8.77. The van der Waals surface area contributed by atoms with Crippen LogP contribution in [-0.2, 0) is 4.74 Å². The van der Waals surface area contributed by atoms with Gasteiger partial charge in [0.25, 0.3) is 5.91 Å². The molecule has 0 saturated heterocycles. The van der Waals surface area contributed by atoms with E-state index >= 15 is 0 Å². The molecule has 0 bridgehead atoms. The van der Waals surface area contributed by atoms with Gasteiger partial charge in [0.1, 0.15) is 17.8 Å².